The zero-order valence-corrected chi connectivity index (χ0v) is 12.4. The van der Waals surface area contributed by atoms with Crippen LogP contribution in [0.15, 0.2) is 30.3 Å². The molecular weight excluding hydrogens is 313 g/mol. The van der Waals surface area contributed by atoms with Gasteiger partial charge in [-0.05, 0) is 25.1 Å². The molecule has 3 aromatic rings. The number of aromatic nitrogens is 3. The van der Waals surface area contributed by atoms with Gasteiger partial charge in [-0.3, -0.25) is 0 Å². The van der Waals surface area contributed by atoms with Crippen LogP contribution in [0.5, 0.6) is 0 Å². The van der Waals surface area contributed by atoms with Gasteiger partial charge in [-0.1, -0.05) is 35.3 Å². The summed E-state index contributed by atoms with van der Waals surface area (Å²) in [5.41, 5.74) is 2.09. The number of hydrogen-bond donors (Lipinski definition) is 1. The van der Waals surface area contributed by atoms with E-state index in [1.54, 1.807) is 31.2 Å². The van der Waals surface area contributed by atoms with Gasteiger partial charge in [0, 0.05) is 10.6 Å². The van der Waals surface area contributed by atoms with Crippen LogP contribution in [-0.2, 0) is 0 Å². The first-order valence-corrected chi connectivity index (χ1v) is 6.78. The van der Waals surface area contributed by atoms with E-state index in [-0.39, 0.29) is 5.69 Å². The maximum atomic E-state index is 11.4. The number of halogens is 2. The summed E-state index contributed by atoms with van der Waals surface area (Å²) in [5, 5.41) is 14.4. The molecule has 1 aromatic carbocycles. The first-order valence-electron chi connectivity index (χ1n) is 6.02. The fourth-order valence-corrected chi connectivity index (χ4v) is 2.30. The van der Waals surface area contributed by atoms with Gasteiger partial charge >= 0.3 is 5.97 Å². The zero-order valence-electron chi connectivity index (χ0n) is 10.8. The van der Waals surface area contributed by atoms with Crippen LogP contribution in [0.25, 0.3) is 16.9 Å². The maximum Gasteiger partial charge on any atom is 0.354 e. The Morgan fingerprint density at radius 2 is 1.90 bits per heavy atom. The predicted octanol–water partition coefficient (Wildman–Crippen LogP) is 3.71. The van der Waals surface area contributed by atoms with Crippen molar-refractivity contribution in [3.63, 3.8) is 0 Å². The second kappa shape index (κ2) is 5.02. The summed E-state index contributed by atoms with van der Waals surface area (Å²) in [6.45, 7) is 1.70. The number of carbonyl (C=O) groups is 1. The highest BCUT2D eigenvalue weighted by molar-refractivity contribution is 6.34. The molecule has 0 aliphatic heterocycles. The Balaban J connectivity index is 2.31. The van der Waals surface area contributed by atoms with Crippen molar-refractivity contribution >= 4 is 34.8 Å². The molecule has 2 heterocycles. The molecule has 0 amide bonds. The van der Waals surface area contributed by atoms with Crippen molar-refractivity contribution in [1.29, 1.82) is 0 Å². The lowest BCUT2D eigenvalue weighted by molar-refractivity contribution is 0.0687. The summed E-state index contributed by atoms with van der Waals surface area (Å²) in [5.74, 6) is -1.10. The van der Waals surface area contributed by atoms with Crippen LogP contribution in [0, 0.1) is 6.92 Å². The highest BCUT2D eigenvalue weighted by atomic mass is 35.5. The minimum atomic E-state index is -1.10. The van der Waals surface area contributed by atoms with E-state index in [1.165, 1.54) is 10.6 Å². The molecule has 0 saturated carbocycles. The molecule has 5 nitrogen and oxygen atoms in total. The maximum absolute atomic E-state index is 11.4. The molecular formula is C14H9Cl2N3O2. The van der Waals surface area contributed by atoms with Crippen molar-refractivity contribution in [2.75, 3.05) is 0 Å². The summed E-state index contributed by atoms with van der Waals surface area (Å²) < 4.78 is 1.24. The van der Waals surface area contributed by atoms with Gasteiger partial charge in [0.25, 0.3) is 0 Å². The van der Waals surface area contributed by atoms with E-state index in [1.807, 2.05) is 0 Å². The number of carboxylic acids is 1. The Bertz CT molecular complexity index is 857. The normalized spacial score (nSPS) is 11.0. The van der Waals surface area contributed by atoms with Crippen LogP contribution >= 0.6 is 23.2 Å². The second-order valence-corrected chi connectivity index (χ2v) is 5.29. The molecule has 21 heavy (non-hydrogen) atoms. The summed E-state index contributed by atoms with van der Waals surface area (Å²) in [7, 11) is 0. The molecule has 0 saturated heterocycles. The topological polar surface area (TPSA) is 67.5 Å². The van der Waals surface area contributed by atoms with Crippen molar-refractivity contribution in [2.45, 2.75) is 6.92 Å². The van der Waals surface area contributed by atoms with Crippen molar-refractivity contribution in [3.05, 3.63) is 51.8 Å². The van der Waals surface area contributed by atoms with Crippen molar-refractivity contribution < 1.29 is 9.90 Å². The van der Waals surface area contributed by atoms with Gasteiger partial charge in [0.15, 0.2) is 11.3 Å². The molecule has 2 aromatic heterocycles. The van der Waals surface area contributed by atoms with Crippen molar-refractivity contribution in [1.82, 2.24) is 14.6 Å². The third kappa shape index (κ3) is 2.34. The van der Waals surface area contributed by atoms with E-state index in [0.717, 1.165) is 5.56 Å². The monoisotopic (exact) mass is 321 g/mol. The number of fused-ring (bicyclic) bond motifs is 1. The molecule has 0 bridgehead atoms. The minimum Gasteiger partial charge on any atom is -0.477 e. The zero-order chi connectivity index (χ0) is 15.1. The van der Waals surface area contributed by atoms with Gasteiger partial charge < -0.3 is 5.11 Å². The van der Waals surface area contributed by atoms with E-state index in [4.69, 9.17) is 23.2 Å². The highest BCUT2D eigenvalue weighted by Gasteiger charge is 2.18. The van der Waals surface area contributed by atoms with Gasteiger partial charge in [-0.2, -0.15) is 5.10 Å². The van der Waals surface area contributed by atoms with Crippen LogP contribution < -0.4 is 0 Å². The molecule has 0 unspecified atom stereocenters. The SMILES string of the molecule is Cc1nn2c(C(=O)O)cc(-c3ccc(Cl)cc3)nc2c1Cl. The Morgan fingerprint density at radius 1 is 1.24 bits per heavy atom. The largest absolute Gasteiger partial charge is 0.477 e. The van der Waals surface area contributed by atoms with Gasteiger partial charge in [0.05, 0.1) is 11.4 Å². The lowest BCUT2D eigenvalue weighted by Crippen LogP contribution is -2.08. The number of carboxylic acid groups (broad SMARTS) is 1. The Labute approximate surface area is 129 Å². The standard InChI is InChI=1S/C14H9Cl2N3O2/c1-7-12(16)13-17-10(8-2-4-9(15)5-3-8)6-11(14(20)21)19(13)18-7/h2-6H,1H3,(H,20,21). The second-order valence-electron chi connectivity index (χ2n) is 4.47. The van der Waals surface area contributed by atoms with Crippen LogP contribution in [0.3, 0.4) is 0 Å². The number of aromatic carboxylic acids is 1. The predicted molar refractivity (Wildman–Crippen MR) is 80.1 cm³/mol. The van der Waals surface area contributed by atoms with Crippen LogP contribution in [0.2, 0.25) is 10.0 Å². The van der Waals surface area contributed by atoms with Crippen LogP contribution in [0.1, 0.15) is 16.2 Å². The Kier molecular flexibility index (Phi) is 3.31. The Hall–Kier alpha value is -2.11. The lowest BCUT2D eigenvalue weighted by atomic mass is 10.1. The fraction of sp³-hybridized carbons (Fsp3) is 0.0714. The molecule has 0 radical (unpaired) electrons. The first-order chi connectivity index (χ1) is 9.97. The smallest absolute Gasteiger partial charge is 0.354 e. The quantitative estimate of drug-likeness (QED) is 0.781. The third-order valence-corrected chi connectivity index (χ3v) is 3.75. The van der Waals surface area contributed by atoms with Gasteiger partial charge in [-0.25, -0.2) is 14.3 Å². The molecule has 7 heteroatoms. The summed E-state index contributed by atoms with van der Waals surface area (Å²) >= 11 is 12.0. The van der Waals surface area contributed by atoms with Gasteiger partial charge in [0.1, 0.15) is 5.02 Å². The molecule has 0 fully saturated rings. The molecule has 106 valence electrons. The first kappa shape index (κ1) is 13.9. The van der Waals surface area contributed by atoms with Crippen molar-refractivity contribution in [2.24, 2.45) is 0 Å². The van der Waals surface area contributed by atoms with Gasteiger partial charge in [-0.15, -0.1) is 0 Å². The minimum absolute atomic E-state index is 0.0000463. The van der Waals surface area contributed by atoms with Crippen molar-refractivity contribution in [3.8, 4) is 11.3 Å². The molecule has 0 aliphatic carbocycles. The fourth-order valence-electron chi connectivity index (χ4n) is 2.02. The highest BCUT2D eigenvalue weighted by Crippen LogP contribution is 2.26. The summed E-state index contributed by atoms with van der Waals surface area (Å²) in [6.07, 6.45) is 0. The summed E-state index contributed by atoms with van der Waals surface area (Å²) in [6, 6.07) is 8.42. The van der Waals surface area contributed by atoms with E-state index in [9.17, 15) is 9.90 Å². The number of benzene rings is 1. The van der Waals surface area contributed by atoms with Crippen LogP contribution in [-0.4, -0.2) is 25.7 Å². The van der Waals surface area contributed by atoms with E-state index in [2.05, 4.69) is 10.1 Å². The van der Waals surface area contributed by atoms with E-state index >= 15 is 0 Å². The average Bonchev–Trinajstić information content (AvgIpc) is 2.74. The average molecular weight is 322 g/mol. The molecule has 1 N–H and O–H groups in total. The molecule has 0 spiro atoms. The Morgan fingerprint density at radius 3 is 2.52 bits per heavy atom. The number of hydrogen-bond acceptors (Lipinski definition) is 3. The molecule has 3 rings (SSSR count). The molecule has 0 atom stereocenters. The molecule has 0 aliphatic rings. The van der Waals surface area contributed by atoms with E-state index < -0.39 is 5.97 Å². The van der Waals surface area contributed by atoms with Crippen LogP contribution in [0.4, 0.5) is 0 Å². The van der Waals surface area contributed by atoms with Gasteiger partial charge in [0.2, 0.25) is 0 Å². The number of nitrogens with zero attached hydrogens (tertiary/aromatic N) is 3. The third-order valence-electron chi connectivity index (χ3n) is 3.05. The summed E-state index contributed by atoms with van der Waals surface area (Å²) in [4.78, 5) is 15.8. The number of rotatable bonds is 2. The number of aryl methyl sites for hydroxylation is 1. The lowest BCUT2D eigenvalue weighted by Gasteiger charge is -2.05. The van der Waals surface area contributed by atoms with E-state index in [0.29, 0.717) is 27.1 Å².